The first kappa shape index (κ1) is 15.0. The lowest BCUT2D eigenvalue weighted by molar-refractivity contribution is 0.0721. The molecule has 0 amide bonds. The van der Waals surface area contributed by atoms with Crippen LogP contribution in [0.15, 0.2) is 53.4 Å². The lowest BCUT2D eigenvalue weighted by atomic mass is 9.96. The third-order valence-electron chi connectivity index (χ3n) is 3.01. The van der Waals surface area contributed by atoms with Gasteiger partial charge in [0.1, 0.15) is 17.2 Å². The minimum absolute atomic E-state index is 0.0207. The van der Waals surface area contributed by atoms with Crippen molar-refractivity contribution >= 4 is 11.8 Å². The van der Waals surface area contributed by atoms with Gasteiger partial charge in [-0.05, 0) is 17.7 Å². The number of benzene rings is 2. The van der Waals surface area contributed by atoms with Gasteiger partial charge in [-0.2, -0.15) is 0 Å². The molecule has 0 aliphatic rings. The van der Waals surface area contributed by atoms with Gasteiger partial charge in [-0.1, -0.05) is 30.3 Å². The molecule has 0 radical (unpaired) electrons. The van der Waals surface area contributed by atoms with Crippen molar-refractivity contribution in [3.05, 3.63) is 65.7 Å². The summed E-state index contributed by atoms with van der Waals surface area (Å²) in [4.78, 5) is 0.286. The van der Waals surface area contributed by atoms with Gasteiger partial charge in [-0.25, -0.2) is 8.78 Å². The van der Waals surface area contributed by atoms with Crippen LogP contribution < -0.4 is 5.73 Å². The largest absolute Gasteiger partial charge is 0.383 e. The second-order valence-electron chi connectivity index (χ2n) is 4.47. The lowest BCUT2D eigenvalue weighted by Gasteiger charge is -2.26. The summed E-state index contributed by atoms with van der Waals surface area (Å²) in [5.41, 5.74) is 5.08. The average Bonchev–Trinajstić information content (AvgIpc) is 2.47. The van der Waals surface area contributed by atoms with E-state index in [4.69, 9.17) is 5.73 Å². The molecule has 0 bridgehead atoms. The first-order valence-electron chi connectivity index (χ1n) is 6.11. The maximum absolute atomic E-state index is 13.6. The number of halogens is 2. The molecule has 0 fully saturated rings. The van der Waals surface area contributed by atoms with Crippen LogP contribution in [0.3, 0.4) is 0 Å². The molecule has 106 valence electrons. The van der Waals surface area contributed by atoms with Gasteiger partial charge in [0.05, 0.1) is 0 Å². The Morgan fingerprint density at radius 3 is 2.40 bits per heavy atom. The van der Waals surface area contributed by atoms with Crippen molar-refractivity contribution in [2.45, 2.75) is 10.5 Å². The Balaban J connectivity index is 2.15. The molecule has 0 saturated carbocycles. The fourth-order valence-corrected chi connectivity index (χ4v) is 2.84. The number of rotatable bonds is 5. The second kappa shape index (κ2) is 6.35. The van der Waals surface area contributed by atoms with E-state index in [1.807, 2.05) is 6.07 Å². The monoisotopic (exact) mass is 295 g/mol. The van der Waals surface area contributed by atoms with E-state index in [0.717, 1.165) is 17.8 Å². The molecule has 2 nitrogen and oxygen atoms in total. The Kier molecular flexibility index (Phi) is 4.75. The van der Waals surface area contributed by atoms with Crippen molar-refractivity contribution < 1.29 is 13.9 Å². The Bertz CT molecular complexity index is 579. The second-order valence-corrected chi connectivity index (χ2v) is 5.48. The molecule has 2 rings (SSSR count). The fourth-order valence-electron chi connectivity index (χ4n) is 1.80. The predicted octanol–water partition coefficient (Wildman–Crippen LogP) is 2.90. The van der Waals surface area contributed by atoms with Gasteiger partial charge < -0.3 is 10.8 Å². The Morgan fingerprint density at radius 1 is 1.10 bits per heavy atom. The number of nitrogens with two attached hydrogens (primary N) is 1. The quantitative estimate of drug-likeness (QED) is 0.834. The van der Waals surface area contributed by atoms with E-state index in [1.54, 1.807) is 24.3 Å². The molecule has 2 aromatic rings. The fraction of sp³-hybridized carbons (Fsp3) is 0.200. The molecule has 20 heavy (non-hydrogen) atoms. The van der Waals surface area contributed by atoms with E-state index in [0.29, 0.717) is 5.56 Å². The minimum atomic E-state index is -1.24. The van der Waals surface area contributed by atoms with Crippen LogP contribution in [-0.2, 0) is 5.60 Å². The maximum Gasteiger partial charge on any atom is 0.139 e. The normalized spacial score (nSPS) is 14.0. The summed E-state index contributed by atoms with van der Waals surface area (Å²) in [6.45, 7) is 0.0207. The van der Waals surface area contributed by atoms with Gasteiger partial charge in [-0.3, -0.25) is 0 Å². The third kappa shape index (κ3) is 3.36. The zero-order valence-electron chi connectivity index (χ0n) is 10.7. The molecule has 3 N–H and O–H groups in total. The van der Waals surface area contributed by atoms with E-state index in [1.165, 1.54) is 12.1 Å². The van der Waals surface area contributed by atoms with Crippen LogP contribution in [0, 0.1) is 11.6 Å². The number of thioether (sulfide) groups is 1. The van der Waals surface area contributed by atoms with E-state index >= 15 is 0 Å². The van der Waals surface area contributed by atoms with Crippen LogP contribution in [-0.4, -0.2) is 17.4 Å². The summed E-state index contributed by atoms with van der Waals surface area (Å²) in [6.07, 6.45) is 0. The Hall–Kier alpha value is -1.43. The van der Waals surface area contributed by atoms with Gasteiger partial charge in [0.2, 0.25) is 0 Å². The van der Waals surface area contributed by atoms with Crippen molar-refractivity contribution in [1.29, 1.82) is 0 Å². The van der Waals surface area contributed by atoms with Crippen LogP contribution in [0.5, 0.6) is 0 Å². The topological polar surface area (TPSA) is 46.2 Å². The number of hydrogen-bond donors (Lipinski definition) is 2. The van der Waals surface area contributed by atoms with E-state index in [-0.39, 0.29) is 17.2 Å². The minimum Gasteiger partial charge on any atom is -0.383 e. The number of hydrogen-bond acceptors (Lipinski definition) is 3. The molecule has 0 spiro atoms. The van der Waals surface area contributed by atoms with Crippen LogP contribution >= 0.6 is 11.8 Å². The molecular formula is C15H15F2NOS. The molecule has 0 aliphatic carbocycles. The molecule has 1 unspecified atom stereocenters. The van der Waals surface area contributed by atoms with Gasteiger partial charge >= 0.3 is 0 Å². The molecule has 2 aromatic carbocycles. The highest BCUT2D eigenvalue weighted by molar-refractivity contribution is 7.99. The number of aliphatic hydroxyl groups is 1. The highest BCUT2D eigenvalue weighted by Crippen LogP contribution is 2.30. The summed E-state index contributed by atoms with van der Waals surface area (Å²) in [5.74, 6) is -1.07. The smallest absolute Gasteiger partial charge is 0.139 e. The summed E-state index contributed by atoms with van der Waals surface area (Å²) in [5, 5.41) is 10.6. The van der Waals surface area contributed by atoms with Crippen LogP contribution in [0.4, 0.5) is 8.78 Å². The highest BCUT2D eigenvalue weighted by atomic mass is 32.2. The van der Waals surface area contributed by atoms with Gasteiger partial charge in [0, 0.05) is 23.3 Å². The molecule has 0 aliphatic heterocycles. The SMILES string of the molecule is NCC(O)(CSc1ccc(F)cc1F)c1ccccc1. The molecule has 0 saturated heterocycles. The van der Waals surface area contributed by atoms with E-state index in [2.05, 4.69) is 0 Å². The highest BCUT2D eigenvalue weighted by Gasteiger charge is 2.28. The van der Waals surface area contributed by atoms with Crippen molar-refractivity contribution in [1.82, 2.24) is 0 Å². The van der Waals surface area contributed by atoms with E-state index < -0.39 is 17.2 Å². The van der Waals surface area contributed by atoms with Crippen molar-refractivity contribution in [2.24, 2.45) is 5.73 Å². The van der Waals surface area contributed by atoms with Crippen molar-refractivity contribution in [2.75, 3.05) is 12.3 Å². The summed E-state index contributed by atoms with van der Waals surface area (Å²) in [6, 6.07) is 12.4. The Labute approximate surface area is 120 Å². The third-order valence-corrected chi connectivity index (χ3v) is 4.27. The summed E-state index contributed by atoms with van der Waals surface area (Å²) < 4.78 is 26.4. The first-order chi connectivity index (χ1) is 9.55. The molecular weight excluding hydrogens is 280 g/mol. The van der Waals surface area contributed by atoms with Crippen molar-refractivity contribution in [3.63, 3.8) is 0 Å². The Morgan fingerprint density at radius 2 is 1.80 bits per heavy atom. The van der Waals surface area contributed by atoms with Gasteiger partial charge in [-0.15, -0.1) is 11.8 Å². The molecule has 0 aromatic heterocycles. The lowest BCUT2D eigenvalue weighted by Crippen LogP contribution is -2.37. The predicted molar refractivity (Wildman–Crippen MR) is 76.5 cm³/mol. The average molecular weight is 295 g/mol. The van der Waals surface area contributed by atoms with Gasteiger partial charge in [0.25, 0.3) is 0 Å². The van der Waals surface area contributed by atoms with Crippen LogP contribution in [0.2, 0.25) is 0 Å². The summed E-state index contributed by atoms with van der Waals surface area (Å²) >= 11 is 1.11. The first-order valence-corrected chi connectivity index (χ1v) is 7.09. The molecule has 5 heteroatoms. The molecule has 1 atom stereocenters. The molecule has 0 heterocycles. The van der Waals surface area contributed by atoms with Gasteiger partial charge in [0.15, 0.2) is 0 Å². The maximum atomic E-state index is 13.6. The zero-order valence-corrected chi connectivity index (χ0v) is 11.5. The summed E-state index contributed by atoms with van der Waals surface area (Å²) in [7, 11) is 0. The van der Waals surface area contributed by atoms with E-state index in [9.17, 15) is 13.9 Å². The van der Waals surface area contributed by atoms with Crippen LogP contribution in [0.25, 0.3) is 0 Å². The zero-order chi connectivity index (χ0) is 14.6. The van der Waals surface area contributed by atoms with Crippen molar-refractivity contribution in [3.8, 4) is 0 Å². The van der Waals surface area contributed by atoms with Crippen LogP contribution in [0.1, 0.15) is 5.56 Å². The standard InChI is InChI=1S/C15H15F2NOS/c16-12-6-7-14(13(17)8-12)20-10-15(19,9-18)11-4-2-1-3-5-11/h1-8,19H,9-10,18H2.